The maximum atomic E-state index is 11.0. The highest BCUT2D eigenvalue weighted by Crippen LogP contribution is 2.30. The molecule has 0 aliphatic carbocycles. The number of nitrogens with zero attached hydrogens (tertiary/aromatic N) is 3. The molecule has 112 valence electrons. The number of imide groups is 1. The number of nitro groups is 1. The molecular weight excluding hydrogens is 294 g/mol. The van der Waals surface area contributed by atoms with Gasteiger partial charge in [-0.1, -0.05) is 30.3 Å². The molecule has 0 spiro atoms. The highest BCUT2D eigenvalue weighted by atomic mass is 16.6. The van der Waals surface area contributed by atoms with Gasteiger partial charge in [0.05, 0.1) is 10.6 Å². The molecule has 9 heteroatoms. The van der Waals surface area contributed by atoms with Crippen molar-refractivity contribution in [2.24, 2.45) is 0 Å². The van der Waals surface area contributed by atoms with Gasteiger partial charge < -0.3 is 10.2 Å². The van der Waals surface area contributed by atoms with Crippen molar-refractivity contribution in [3.05, 3.63) is 52.6 Å². The van der Waals surface area contributed by atoms with Gasteiger partial charge in [-0.15, -0.1) is 0 Å². The van der Waals surface area contributed by atoms with E-state index in [4.69, 9.17) is 10.2 Å². The normalized spacial score (nSPS) is 10.0. The molecule has 0 atom stereocenters. The lowest BCUT2D eigenvalue weighted by Crippen LogP contribution is -2.35. The first kappa shape index (κ1) is 14.9. The highest BCUT2D eigenvalue weighted by Gasteiger charge is 2.31. The number of anilines is 1. The van der Waals surface area contributed by atoms with Crippen molar-refractivity contribution < 1.29 is 24.7 Å². The van der Waals surface area contributed by atoms with E-state index in [1.54, 1.807) is 30.3 Å². The Hall–Kier alpha value is -3.49. The lowest BCUT2D eigenvalue weighted by Gasteiger charge is -2.13. The van der Waals surface area contributed by atoms with Crippen LogP contribution in [0.1, 0.15) is 0 Å². The molecule has 0 radical (unpaired) electrons. The topological polar surface area (TPSA) is 134 Å². The lowest BCUT2D eigenvalue weighted by molar-refractivity contribution is -0.384. The molecule has 0 aliphatic rings. The third kappa shape index (κ3) is 2.82. The monoisotopic (exact) mass is 303 g/mol. The van der Waals surface area contributed by atoms with Gasteiger partial charge in [-0.25, -0.2) is 14.6 Å². The SMILES string of the molecule is O=C(O)N(C(=O)O)c1nc(-c2ccccc2)ccc1[N+](=O)[O-]. The fourth-order valence-corrected chi connectivity index (χ4v) is 1.78. The Bertz CT molecular complexity index is 733. The Morgan fingerprint density at radius 2 is 1.64 bits per heavy atom. The summed E-state index contributed by atoms with van der Waals surface area (Å²) < 4.78 is 0. The van der Waals surface area contributed by atoms with Crippen molar-refractivity contribution in [2.45, 2.75) is 0 Å². The quantitative estimate of drug-likeness (QED) is 0.657. The number of benzene rings is 1. The van der Waals surface area contributed by atoms with Crippen LogP contribution >= 0.6 is 0 Å². The minimum absolute atomic E-state index is 0.190. The molecule has 1 aromatic heterocycles. The van der Waals surface area contributed by atoms with E-state index in [2.05, 4.69) is 4.98 Å². The van der Waals surface area contributed by atoms with E-state index in [9.17, 15) is 19.7 Å². The summed E-state index contributed by atoms with van der Waals surface area (Å²) in [6.45, 7) is 0. The summed E-state index contributed by atoms with van der Waals surface area (Å²) in [4.78, 5) is 35.8. The third-order valence-corrected chi connectivity index (χ3v) is 2.72. The minimum atomic E-state index is -1.88. The number of hydrogen-bond acceptors (Lipinski definition) is 5. The maximum absolute atomic E-state index is 11.0. The number of hydrogen-bond donors (Lipinski definition) is 2. The van der Waals surface area contributed by atoms with E-state index in [0.717, 1.165) is 6.07 Å². The van der Waals surface area contributed by atoms with Crippen LogP contribution in [0.2, 0.25) is 0 Å². The zero-order chi connectivity index (χ0) is 16.3. The van der Waals surface area contributed by atoms with Crippen LogP contribution in [0.4, 0.5) is 21.1 Å². The number of pyridine rings is 1. The first-order valence-corrected chi connectivity index (χ1v) is 5.88. The molecule has 0 fully saturated rings. The van der Waals surface area contributed by atoms with E-state index in [1.165, 1.54) is 6.07 Å². The molecule has 0 unspecified atom stereocenters. The van der Waals surface area contributed by atoms with Crippen LogP contribution in [-0.2, 0) is 0 Å². The van der Waals surface area contributed by atoms with Crippen molar-refractivity contribution >= 4 is 23.7 Å². The zero-order valence-electron chi connectivity index (χ0n) is 10.9. The van der Waals surface area contributed by atoms with E-state index < -0.39 is 28.6 Å². The van der Waals surface area contributed by atoms with Gasteiger partial charge in [0.1, 0.15) is 0 Å². The Morgan fingerprint density at radius 3 is 2.14 bits per heavy atom. The van der Waals surface area contributed by atoms with Crippen LogP contribution in [0.15, 0.2) is 42.5 Å². The zero-order valence-corrected chi connectivity index (χ0v) is 10.9. The fourth-order valence-electron chi connectivity index (χ4n) is 1.78. The second kappa shape index (κ2) is 5.87. The summed E-state index contributed by atoms with van der Waals surface area (Å²) in [5, 5.41) is 28.9. The number of aromatic nitrogens is 1. The van der Waals surface area contributed by atoms with Crippen LogP contribution in [0, 0.1) is 10.1 Å². The van der Waals surface area contributed by atoms with Crippen LogP contribution in [0.5, 0.6) is 0 Å². The van der Waals surface area contributed by atoms with Gasteiger partial charge in [0.25, 0.3) is 0 Å². The van der Waals surface area contributed by atoms with Crippen molar-refractivity contribution in [2.75, 3.05) is 4.90 Å². The second-order valence-corrected chi connectivity index (χ2v) is 4.06. The van der Waals surface area contributed by atoms with Gasteiger partial charge in [-0.3, -0.25) is 10.1 Å². The Labute approximate surface area is 123 Å². The molecule has 0 saturated carbocycles. The first-order valence-electron chi connectivity index (χ1n) is 5.88. The Kier molecular flexibility index (Phi) is 3.98. The van der Waals surface area contributed by atoms with Gasteiger partial charge in [0, 0.05) is 11.6 Å². The van der Waals surface area contributed by atoms with Gasteiger partial charge >= 0.3 is 17.9 Å². The lowest BCUT2D eigenvalue weighted by atomic mass is 10.1. The van der Waals surface area contributed by atoms with E-state index in [0.29, 0.717) is 5.56 Å². The van der Waals surface area contributed by atoms with Crippen molar-refractivity contribution in [3.63, 3.8) is 0 Å². The molecule has 9 nitrogen and oxygen atoms in total. The molecule has 1 aromatic carbocycles. The average Bonchev–Trinajstić information content (AvgIpc) is 2.47. The molecule has 1 heterocycles. The summed E-state index contributed by atoms with van der Waals surface area (Å²) in [7, 11) is 0. The van der Waals surface area contributed by atoms with Crippen LogP contribution in [-0.4, -0.2) is 32.3 Å². The summed E-state index contributed by atoms with van der Waals surface area (Å²) in [5.41, 5.74) is 0.0626. The summed E-state index contributed by atoms with van der Waals surface area (Å²) in [6.07, 6.45) is -3.76. The van der Waals surface area contributed by atoms with Gasteiger partial charge in [-0.2, -0.15) is 4.90 Å². The summed E-state index contributed by atoms with van der Waals surface area (Å²) in [5.74, 6) is -0.772. The molecule has 2 rings (SSSR count). The Balaban J connectivity index is 2.65. The third-order valence-electron chi connectivity index (χ3n) is 2.72. The van der Waals surface area contributed by atoms with Gasteiger partial charge in [0.2, 0.25) is 5.82 Å². The van der Waals surface area contributed by atoms with E-state index in [1.807, 2.05) is 0 Å². The summed E-state index contributed by atoms with van der Waals surface area (Å²) in [6, 6.07) is 10.8. The van der Waals surface area contributed by atoms with Crippen molar-refractivity contribution in [1.82, 2.24) is 4.98 Å². The van der Waals surface area contributed by atoms with E-state index in [-0.39, 0.29) is 10.6 Å². The second-order valence-electron chi connectivity index (χ2n) is 4.06. The average molecular weight is 303 g/mol. The minimum Gasteiger partial charge on any atom is -0.464 e. The van der Waals surface area contributed by atoms with Gasteiger partial charge in [-0.05, 0) is 6.07 Å². The number of carbonyl (C=O) groups is 2. The number of amides is 2. The molecular formula is C13H9N3O6. The number of rotatable bonds is 3. The van der Waals surface area contributed by atoms with E-state index >= 15 is 0 Å². The molecule has 2 N–H and O–H groups in total. The standard InChI is InChI=1S/C13H9N3O6/c17-12(18)15(13(19)20)11-10(16(21)22)7-6-9(14-11)8-4-2-1-3-5-8/h1-7H,(H,17,18)(H,19,20). The predicted octanol–water partition coefficient (Wildman–Crippen LogP) is 2.82. The van der Waals surface area contributed by atoms with Gasteiger partial charge in [0.15, 0.2) is 0 Å². The van der Waals surface area contributed by atoms with Crippen LogP contribution in [0.25, 0.3) is 11.3 Å². The molecule has 0 aliphatic heterocycles. The number of carboxylic acid groups (broad SMARTS) is 2. The fraction of sp³-hybridized carbons (Fsp3) is 0. The largest absolute Gasteiger partial charge is 0.464 e. The van der Waals surface area contributed by atoms with Crippen molar-refractivity contribution in [3.8, 4) is 11.3 Å². The molecule has 0 bridgehead atoms. The summed E-state index contributed by atoms with van der Waals surface area (Å²) >= 11 is 0. The van der Waals surface area contributed by atoms with Crippen LogP contribution < -0.4 is 4.90 Å². The molecule has 22 heavy (non-hydrogen) atoms. The maximum Gasteiger partial charge on any atom is 0.423 e. The Morgan fingerprint density at radius 1 is 1.05 bits per heavy atom. The predicted molar refractivity (Wildman–Crippen MR) is 74.9 cm³/mol. The van der Waals surface area contributed by atoms with Crippen LogP contribution in [0.3, 0.4) is 0 Å². The highest BCUT2D eigenvalue weighted by molar-refractivity contribution is 6.08. The molecule has 2 aromatic rings. The molecule has 2 amide bonds. The first-order chi connectivity index (χ1) is 10.4. The molecule has 0 saturated heterocycles. The smallest absolute Gasteiger partial charge is 0.423 e. The van der Waals surface area contributed by atoms with Crippen molar-refractivity contribution in [1.29, 1.82) is 0 Å².